The zero-order chi connectivity index (χ0) is 19.1. The first-order chi connectivity index (χ1) is 13.1. The number of rotatable bonds is 6. The number of guanidine groups is 1. The molecule has 2 aromatic rings. The van der Waals surface area contributed by atoms with E-state index < -0.39 is 0 Å². The van der Waals surface area contributed by atoms with Gasteiger partial charge < -0.3 is 15.2 Å². The number of aromatic nitrogens is 3. The minimum absolute atomic E-state index is 0.156. The predicted molar refractivity (Wildman–Crippen MR) is 113 cm³/mol. The van der Waals surface area contributed by atoms with E-state index in [0.29, 0.717) is 6.54 Å². The van der Waals surface area contributed by atoms with Gasteiger partial charge in [-0.25, -0.2) is 4.99 Å². The maximum atomic E-state index is 4.71. The van der Waals surface area contributed by atoms with E-state index in [1.807, 2.05) is 11.6 Å². The highest BCUT2D eigenvalue weighted by atomic mass is 79.9. The molecule has 1 heterocycles. The smallest absolute Gasteiger partial charge is 0.191 e. The van der Waals surface area contributed by atoms with Gasteiger partial charge in [0.25, 0.3) is 0 Å². The summed E-state index contributed by atoms with van der Waals surface area (Å²) in [6.45, 7) is 4.31. The fourth-order valence-corrected chi connectivity index (χ4v) is 4.21. The first-order valence-corrected chi connectivity index (χ1v) is 10.5. The van der Waals surface area contributed by atoms with E-state index in [1.54, 1.807) is 6.33 Å². The lowest BCUT2D eigenvalue weighted by Gasteiger charge is -2.38. The Balaban J connectivity index is 1.75. The standard InChI is InChI=1S/C20H29BrN6/c1-3-22-19(23-13-18-26-25-15-27(18)2)24-14-20(10-5-4-6-11-20)16-8-7-9-17(21)12-16/h7-9,12,15H,3-6,10-11,13-14H2,1-2H3,(H2,22,23,24). The molecule has 146 valence electrons. The molecule has 27 heavy (non-hydrogen) atoms. The second-order valence-corrected chi connectivity index (χ2v) is 8.17. The number of benzene rings is 1. The molecule has 0 unspecified atom stereocenters. The van der Waals surface area contributed by atoms with Gasteiger partial charge in [-0.3, -0.25) is 0 Å². The molecule has 0 spiro atoms. The van der Waals surface area contributed by atoms with Crippen molar-refractivity contribution in [3.8, 4) is 0 Å². The summed E-state index contributed by atoms with van der Waals surface area (Å²) >= 11 is 3.64. The van der Waals surface area contributed by atoms with Crippen LogP contribution in [-0.4, -0.2) is 33.8 Å². The summed E-state index contributed by atoms with van der Waals surface area (Å²) in [4.78, 5) is 4.71. The fourth-order valence-electron chi connectivity index (χ4n) is 3.81. The molecule has 1 aromatic carbocycles. The summed E-state index contributed by atoms with van der Waals surface area (Å²) in [6, 6.07) is 8.78. The largest absolute Gasteiger partial charge is 0.357 e. The Kier molecular flexibility index (Phi) is 6.88. The van der Waals surface area contributed by atoms with E-state index >= 15 is 0 Å². The van der Waals surface area contributed by atoms with Crippen LogP contribution < -0.4 is 10.6 Å². The van der Waals surface area contributed by atoms with Crippen molar-refractivity contribution in [2.75, 3.05) is 13.1 Å². The van der Waals surface area contributed by atoms with Crippen LogP contribution in [0.3, 0.4) is 0 Å². The molecule has 0 atom stereocenters. The third kappa shape index (κ3) is 5.09. The second kappa shape index (κ2) is 9.35. The molecule has 0 saturated heterocycles. The van der Waals surface area contributed by atoms with Gasteiger partial charge in [0.1, 0.15) is 12.9 Å². The molecule has 0 radical (unpaired) electrons. The van der Waals surface area contributed by atoms with Crippen LogP contribution in [0.4, 0.5) is 0 Å². The van der Waals surface area contributed by atoms with E-state index in [2.05, 4.69) is 68.0 Å². The summed E-state index contributed by atoms with van der Waals surface area (Å²) in [7, 11) is 1.94. The maximum absolute atomic E-state index is 4.71. The fraction of sp³-hybridized carbons (Fsp3) is 0.550. The molecule has 1 aliphatic carbocycles. The summed E-state index contributed by atoms with van der Waals surface area (Å²) in [5.74, 6) is 1.69. The van der Waals surface area contributed by atoms with Crippen molar-refractivity contribution in [3.05, 3.63) is 46.5 Å². The van der Waals surface area contributed by atoms with Gasteiger partial charge in [0.15, 0.2) is 11.8 Å². The van der Waals surface area contributed by atoms with Gasteiger partial charge >= 0.3 is 0 Å². The van der Waals surface area contributed by atoms with Gasteiger partial charge in [0, 0.05) is 30.0 Å². The number of aryl methyl sites for hydroxylation is 1. The first-order valence-electron chi connectivity index (χ1n) is 9.74. The number of halogens is 1. The number of hydrogen-bond donors (Lipinski definition) is 2. The van der Waals surface area contributed by atoms with Crippen LogP contribution in [0, 0.1) is 0 Å². The predicted octanol–water partition coefficient (Wildman–Crippen LogP) is 3.53. The zero-order valence-corrected chi connectivity index (χ0v) is 17.8. The molecule has 0 aliphatic heterocycles. The first kappa shape index (κ1) is 19.9. The number of nitrogens with zero attached hydrogens (tertiary/aromatic N) is 4. The molecular formula is C20H29BrN6. The Morgan fingerprint density at radius 1 is 1.26 bits per heavy atom. The van der Waals surface area contributed by atoms with Crippen LogP contribution in [0.1, 0.15) is 50.4 Å². The topological polar surface area (TPSA) is 67.1 Å². The minimum Gasteiger partial charge on any atom is -0.357 e. The summed E-state index contributed by atoms with van der Waals surface area (Å²) in [5.41, 5.74) is 1.57. The van der Waals surface area contributed by atoms with Crippen molar-refractivity contribution in [3.63, 3.8) is 0 Å². The zero-order valence-electron chi connectivity index (χ0n) is 16.2. The maximum Gasteiger partial charge on any atom is 0.191 e. The Labute approximate surface area is 170 Å². The molecule has 1 aromatic heterocycles. The molecule has 1 aliphatic rings. The summed E-state index contributed by atoms with van der Waals surface area (Å²) in [6.07, 6.45) is 8.01. The van der Waals surface area contributed by atoms with Crippen LogP contribution in [0.15, 0.2) is 40.1 Å². The van der Waals surface area contributed by atoms with Crippen molar-refractivity contribution in [1.29, 1.82) is 0 Å². The lowest BCUT2D eigenvalue weighted by atomic mass is 9.69. The molecule has 0 amide bonds. The van der Waals surface area contributed by atoms with Crippen molar-refractivity contribution < 1.29 is 0 Å². The second-order valence-electron chi connectivity index (χ2n) is 7.26. The Bertz CT molecular complexity index is 763. The monoisotopic (exact) mass is 432 g/mol. The Morgan fingerprint density at radius 3 is 2.74 bits per heavy atom. The average molecular weight is 433 g/mol. The summed E-state index contributed by atoms with van der Waals surface area (Å²) in [5, 5.41) is 15.0. The van der Waals surface area contributed by atoms with Crippen LogP contribution >= 0.6 is 15.9 Å². The van der Waals surface area contributed by atoms with Crippen LogP contribution in [-0.2, 0) is 19.0 Å². The van der Waals surface area contributed by atoms with Crippen molar-refractivity contribution in [2.24, 2.45) is 12.0 Å². The van der Waals surface area contributed by atoms with Gasteiger partial charge in [-0.05, 0) is 37.5 Å². The lowest BCUT2D eigenvalue weighted by molar-refractivity contribution is 0.291. The van der Waals surface area contributed by atoms with E-state index in [1.165, 1.54) is 37.7 Å². The SMILES string of the molecule is CCNC(=NCc1nncn1C)NCC1(c2cccc(Br)c2)CCCCC1. The number of aliphatic imine (C=N–C) groups is 1. The van der Waals surface area contributed by atoms with E-state index in [9.17, 15) is 0 Å². The Morgan fingerprint density at radius 2 is 2.07 bits per heavy atom. The van der Waals surface area contributed by atoms with Gasteiger partial charge in [-0.1, -0.05) is 47.3 Å². The third-order valence-electron chi connectivity index (χ3n) is 5.37. The van der Waals surface area contributed by atoms with E-state index in [4.69, 9.17) is 4.99 Å². The van der Waals surface area contributed by atoms with Gasteiger partial charge in [-0.15, -0.1) is 10.2 Å². The highest BCUT2D eigenvalue weighted by Gasteiger charge is 2.34. The van der Waals surface area contributed by atoms with E-state index in [0.717, 1.165) is 29.3 Å². The van der Waals surface area contributed by atoms with Crippen LogP contribution in [0.5, 0.6) is 0 Å². The summed E-state index contributed by atoms with van der Waals surface area (Å²) < 4.78 is 3.05. The van der Waals surface area contributed by atoms with Crippen LogP contribution in [0.25, 0.3) is 0 Å². The normalized spacial score (nSPS) is 16.9. The van der Waals surface area contributed by atoms with Crippen molar-refractivity contribution in [2.45, 2.75) is 51.0 Å². The van der Waals surface area contributed by atoms with Gasteiger partial charge in [0.2, 0.25) is 0 Å². The van der Waals surface area contributed by atoms with Crippen molar-refractivity contribution >= 4 is 21.9 Å². The molecule has 1 saturated carbocycles. The lowest BCUT2D eigenvalue weighted by Crippen LogP contribution is -2.46. The van der Waals surface area contributed by atoms with Gasteiger partial charge in [0.05, 0.1) is 0 Å². The molecule has 3 rings (SSSR count). The highest BCUT2D eigenvalue weighted by Crippen LogP contribution is 2.39. The molecule has 0 bridgehead atoms. The molecule has 2 N–H and O–H groups in total. The Hall–Kier alpha value is -1.89. The molecule has 6 nitrogen and oxygen atoms in total. The third-order valence-corrected chi connectivity index (χ3v) is 5.86. The molecular weight excluding hydrogens is 404 g/mol. The van der Waals surface area contributed by atoms with Gasteiger partial charge in [-0.2, -0.15) is 0 Å². The number of nitrogens with one attached hydrogen (secondary N) is 2. The van der Waals surface area contributed by atoms with Crippen molar-refractivity contribution in [1.82, 2.24) is 25.4 Å². The number of hydrogen-bond acceptors (Lipinski definition) is 3. The molecule has 7 heteroatoms. The van der Waals surface area contributed by atoms with Crippen LogP contribution in [0.2, 0.25) is 0 Å². The quantitative estimate of drug-likeness (QED) is 0.540. The van der Waals surface area contributed by atoms with E-state index in [-0.39, 0.29) is 5.41 Å². The molecule has 1 fully saturated rings. The highest BCUT2D eigenvalue weighted by molar-refractivity contribution is 9.10. The average Bonchev–Trinajstić information content (AvgIpc) is 3.09. The minimum atomic E-state index is 0.156.